The molecule has 3 N–H and O–H groups in total. The molecule has 7 nitrogen and oxygen atoms in total. The molecule has 1 aromatic carbocycles. The van der Waals surface area contributed by atoms with E-state index in [1.165, 1.54) is 13.0 Å². The van der Waals surface area contributed by atoms with Gasteiger partial charge in [-0.3, -0.25) is 10.1 Å². The monoisotopic (exact) mass is 301 g/mol. The minimum atomic E-state index is -3.88. The third-order valence-corrected chi connectivity index (χ3v) is 4.20. The van der Waals surface area contributed by atoms with Crippen LogP contribution in [0.15, 0.2) is 23.1 Å². The second kappa shape index (κ2) is 5.17. The van der Waals surface area contributed by atoms with Crippen molar-refractivity contribution in [1.82, 2.24) is 15.4 Å². The average Bonchev–Trinajstić information content (AvgIpc) is 2.69. The predicted molar refractivity (Wildman–Crippen MR) is 66.8 cm³/mol. The van der Waals surface area contributed by atoms with Crippen molar-refractivity contribution in [2.75, 3.05) is 6.54 Å². The number of carbonyl (C=O) groups excluding carboxylic acids is 2. The minimum Gasteiger partial charge on any atom is -0.325 e. The number of benzene rings is 1. The van der Waals surface area contributed by atoms with Crippen LogP contribution in [0.3, 0.4) is 0 Å². The lowest BCUT2D eigenvalue weighted by Crippen LogP contribution is -2.41. The summed E-state index contributed by atoms with van der Waals surface area (Å²) in [5.41, 5.74) is 0.194. The molecule has 3 amide bonds. The van der Waals surface area contributed by atoms with Gasteiger partial charge in [-0.15, -0.1) is 0 Å². The highest BCUT2D eigenvalue weighted by Gasteiger charge is 2.30. The van der Waals surface area contributed by atoms with Crippen LogP contribution in [0.25, 0.3) is 0 Å². The van der Waals surface area contributed by atoms with E-state index in [-0.39, 0.29) is 17.0 Å². The minimum absolute atomic E-state index is 0.110. The van der Waals surface area contributed by atoms with Crippen molar-refractivity contribution in [3.05, 3.63) is 29.6 Å². The maximum atomic E-state index is 13.1. The summed E-state index contributed by atoms with van der Waals surface area (Å²) in [7, 11) is -3.88. The number of aryl methyl sites for hydroxylation is 1. The molecule has 0 spiro atoms. The Hall–Kier alpha value is -2.00. The fourth-order valence-corrected chi connectivity index (χ4v) is 2.80. The lowest BCUT2D eigenvalue weighted by Gasteiger charge is -2.10. The lowest BCUT2D eigenvalue weighted by atomic mass is 10.2. The van der Waals surface area contributed by atoms with Crippen LogP contribution in [-0.4, -0.2) is 32.9 Å². The first-order valence-corrected chi connectivity index (χ1v) is 7.15. The van der Waals surface area contributed by atoms with Gasteiger partial charge in [0.15, 0.2) is 0 Å². The number of sulfonamides is 1. The van der Waals surface area contributed by atoms with Gasteiger partial charge >= 0.3 is 6.03 Å². The molecule has 2 rings (SSSR count). The molecule has 1 atom stereocenters. The van der Waals surface area contributed by atoms with Crippen LogP contribution >= 0.6 is 0 Å². The number of imide groups is 1. The molecule has 0 radical (unpaired) electrons. The average molecular weight is 301 g/mol. The van der Waals surface area contributed by atoms with Crippen molar-refractivity contribution in [2.24, 2.45) is 0 Å². The van der Waals surface area contributed by atoms with Gasteiger partial charge < -0.3 is 5.32 Å². The Labute approximate surface area is 114 Å². The molecule has 20 heavy (non-hydrogen) atoms. The predicted octanol–water partition coefficient (Wildman–Crippen LogP) is -0.380. The van der Waals surface area contributed by atoms with E-state index in [2.05, 4.69) is 10.0 Å². The van der Waals surface area contributed by atoms with Crippen LogP contribution in [0.2, 0.25) is 0 Å². The van der Waals surface area contributed by atoms with Crippen LogP contribution in [0, 0.1) is 12.7 Å². The molecular weight excluding hydrogens is 289 g/mol. The number of amides is 3. The van der Waals surface area contributed by atoms with Crippen molar-refractivity contribution >= 4 is 22.0 Å². The Kier molecular flexibility index (Phi) is 3.73. The van der Waals surface area contributed by atoms with Gasteiger partial charge in [-0.2, -0.15) is 0 Å². The number of hydrogen-bond acceptors (Lipinski definition) is 4. The zero-order valence-electron chi connectivity index (χ0n) is 10.4. The number of hydrogen-bond donors (Lipinski definition) is 3. The molecule has 1 fully saturated rings. The van der Waals surface area contributed by atoms with E-state index in [0.29, 0.717) is 0 Å². The summed E-state index contributed by atoms with van der Waals surface area (Å²) in [4.78, 5) is 22.0. The van der Waals surface area contributed by atoms with E-state index in [9.17, 15) is 22.4 Å². The Balaban J connectivity index is 2.09. The summed E-state index contributed by atoms with van der Waals surface area (Å²) < 4.78 is 39.2. The Morgan fingerprint density at radius 2 is 2.05 bits per heavy atom. The molecule has 9 heteroatoms. The summed E-state index contributed by atoms with van der Waals surface area (Å²) >= 11 is 0. The molecule has 1 aromatic rings. The van der Waals surface area contributed by atoms with E-state index in [1.807, 2.05) is 5.32 Å². The maximum absolute atomic E-state index is 13.1. The fourth-order valence-electron chi connectivity index (χ4n) is 1.66. The summed E-state index contributed by atoms with van der Waals surface area (Å²) in [6.45, 7) is 1.16. The summed E-state index contributed by atoms with van der Waals surface area (Å²) in [6, 6.07) is 1.73. The van der Waals surface area contributed by atoms with Crippen LogP contribution in [-0.2, 0) is 14.8 Å². The first-order valence-electron chi connectivity index (χ1n) is 5.67. The van der Waals surface area contributed by atoms with Gasteiger partial charge in [-0.25, -0.2) is 22.3 Å². The number of halogens is 1. The van der Waals surface area contributed by atoms with Crippen molar-refractivity contribution in [3.63, 3.8) is 0 Å². The van der Waals surface area contributed by atoms with Gasteiger partial charge in [0.05, 0.1) is 4.90 Å². The van der Waals surface area contributed by atoms with Gasteiger partial charge in [-0.1, -0.05) is 0 Å². The first-order chi connectivity index (χ1) is 9.29. The van der Waals surface area contributed by atoms with E-state index in [1.54, 1.807) is 0 Å². The van der Waals surface area contributed by atoms with Gasteiger partial charge in [0.25, 0.3) is 5.91 Å². The highest BCUT2D eigenvalue weighted by atomic mass is 32.2. The van der Waals surface area contributed by atoms with Crippen LogP contribution in [0.1, 0.15) is 5.56 Å². The van der Waals surface area contributed by atoms with Gasteiger partial charge in [-0.05, 0) is 30.7 Å². The quantitative estimate of drug-likeness (QED) is 0.659. The Morgan fingerprint density at radius 3 is 2.60 bits per heavy atom. The molecule has 1 aliphatic rings. The highest BCUT2D eigenvalue weighted by molar-refractivity contribution is 7.89. The molecule has 1 aliphatic heterocycles. The third-order valence-electron chi connectivity index (χ3n) is 2.78. The first kappa shape index (κ1) is 14.4. The molecular formula is C11H12FN3O4S. The van der Waals surface area contributed by atoms with Gasteiger partial charge in [0, 0.05) is 6.54 Å². The topological polar surface area (TPSA) is 104 Å². The number of nitrogens with one attached hydrogen (secondary N) is 3. The second-order valence-corrected chi connectivity index (χ2v) is 6.05. The van der Waals surface area contributed by atoms with Crippen LogP contribution in [0.4, 0.5) is 9.18 Å². The van der Waals surface area contributed by atoms with E-state index in [4.69, 9.17) is 0 Å². The summed E-state index contributed by atoms with van der Waals surface area (Å²) in [6.07, 6.45) is 0. The second-order valence-electron chi connectivity index (χ2n) is 4.28. The summed E-state index contributed by atoms with van der Waals surface area (Å²) in [5.74, 6) is -1.11. The van der Waals surface area contributed by atoms with E-state index >= 15 is 0 Å². The highest BCUT2D eigenvalue weighted by Crippen LogP contribution is 2.14. The molecule has 0 aromatic heterocycles. The third kappa shape index (κ3) is 2.94. The standard InChI is InChI=1S/C11H12FN3O4S/c1-6-4-7(2-3-8(6)12)20(18,19)13-5-9-10(16)15-11(17)14-9/h2-4,9,13H,5H2,1H3,(H2,14,15,16,17). The van der Waals surface area contributed by atoms with Crippen molar-refractivity contribution in [1.29, 1.82) is 0 Å². The number of urea groups is 1. The number of rotatable bonds is 4. The summed E-state index contributed by atoms with van der Waals surface area (Å²) in [5, 5.41) is 4.25. The molecule has 0 saturated carbocycles. The maximum Gasteiger partial charge on any atom is 0.322 e. The zero-order chi connectivity index (χ0) is 14.9. The molecule has 1 unspecified atom stereocenters. The van der Waals surface area contributed by atoms with Crippen molar-refractivity contribution in [3.8, 4) is 0 Å². The van der Waals surface area contributed by atoms with Crippen LogP contribution in [0.5, 0.6) is 0 Å². The molecule has 0 aliphatic carbocycles. The Morgan fingerprint density at radius 1 is 1.35 bits per heavy atom. The van der Waals surface area contributed by atoms with Gasteiger partial charge in [0.1, 0.15) is 11.9 Å². The van der Waals surface area contributed by atoms with Crippen molar-refractivity contribution in [2.45, 2.75) is 17.9 Å². The lowest BCUT2D eigenvalue weighted by molar-refractivity contribution is -0.120. The van der Waals surface area contributed by atoms with Gasteiger partial charge in [0.2, 0.25) is 10.0 Å². The smallest absolute Gasteiger partial charge is 0.322 e. The molecule has 1 saturated heterocycles. The van der Waals surface area contributed by atoms with E-state index < -0.39 is 33.8 Å². The fraction of sp³-hybridized carbons (Fsp3) is 0.273. The largest absolute Gasteiger partial charge is 0.325 e. The molecule has 1 heterocycles. The van der Waals surface area contributed by atoms with Crippen LogP contribution < -0.4 is 15.4 Å². The normalized spacial score (nSPS) is 18.8. The molecule has 0 bridgehead atoms. The SMILES string of the molecule is Cc1cc(S(=O)(=O)NCC2NC(=O)NC2=O)ccc1F. The molecule has 108 valence electrons. The Bertz CT molecular complexity index is 674. The number of carbonyl (C=O) groups is 2. The van der Waals surface area contributed by atoms with E-state index in [0.717, 1.165) is 12.1 Å². The van der Waals surface area contributed by atoms with Crippen molar-refractivity contribution < 1.29 is 22.4 Å². The zero-order valence-corrected chi connectivity index (χ0v) is 11.3.